The monoisotopic (exact) mass is 429 g/mol. The minimum absolute atomic E-state index is 0.0497. The highest BCUT2D eigenvalue weighted by Gasteiger charge is 2.30. The van der Waals surface area contributed by atoms with Gasteiger partial charge in [0.05, 0.1) is 5.56 Å². The van der Waals surface area contributed by atoms with E-state index in [4.69, 9.17) is 0 Å². The Morgan fingerprint density at radius 3 is 2.16 bits per heavy atom. The molecule has 1 saturated heterocycles. The zero-order valence-electron chi connectivity index (χ0n) is 18.5. The number of carbonyl (C=O) groups excluding carboxylic acids is 3. The summed E-state index contributed by atoms with van der Waals surface area (Å²) < 4.78 is 2.00. The van der Waals surface area contributed by atoms with Gasteiger partial charge in [0.15, 0.2) is 0 Å². The van der Waals surface area contributed by atoms with Gasteiger partial charge in [-0.1, -0.05) is 48.0 Å². The first-order chi connectivity index (χ1) is 15.5. The number of benzene rings is 2. The largest absolute Gasteiger partial charge is 0.343 e. The molecule has 6 heteroatoms. The fourth-order valence-corrected chi connectivity index (χ4v) is 3.99. The standard InChI is InChI=1S/C26H27N3O3/c1-19(2)12-13-29-18-22(21-10-6-7-11-23(21)29)24(30)26(32)28-16-14-27(15-17-28)25(31)20-8-4-3-5-9-20/h3-12,18H,13-17H2,1-2H3. The summed E-state index contributed by atoms with van der Waals surface area (Å²) in [6.07, 6.45) is 3.87. The van der Waals surface area contributed by atoms with Crippen molar-refractivity contribution in [1.82, 2.24) is 14.4 Å². The van der Waals surface area contributed by atoms with E-state index in [-0.39, 0.29) is 5.91 Å². The molecule has 2 amide bonds. The van der Waals surface area contributed by atoms with Crippen LogP contribution in [0.2, 0.25) is 0 Å². The minimum atomic E-state index is -0.512. The third-order valence-corrected chi connectivity index (χ3v) is 5.80. The molecule has 0 atom stereocenters. The fourth-order valence-electron chi connectivity index (χ4n) is 3.99. The molecule has 0 bridgehead atoms. The van der Waals surface area contributed by atoms with Crippen LogP contribution in [0.1, 0.15) is 34.6 Å². The first-order valence-electron chi connectivity index (χ1n) is 10.8. The van der Waals surface area contributed by atoms with Crippen molar-refractivity contribution in [3.8, 4) is 0 Å². The zero-order chi connectivity index (χ0) is 22.7. The number of Topliss-reactive ketones (excluding diaryl/α,β-unsaturated/α-hetero) is 1. The molecule has 0 N–H and O–H groups in total. The number of amides is 2. The van der Waals surface area contributed by atoms with Gasteiger partial charge in [0.2, 0.25) is 0 Å². The summed E-state index contributed by atoms with van der Waals surface area (Å²) in [6.45, 7) is 6.22. The number of rotatable bonds is 5. The molecule has 164 valence electrons. The first kappa shape index (κ1) is 21.6. The number of hydrogen-bond acceptors (Lipinski definition) is 3. The Labute approximate surface area is 187 Å². The predicted octanol–water partition coefficient (Wildman–Crippen LogP) is 3.77. The molecule has 1 fully saturated rings. The predicted molar refractivity (Wildman–Crippen MR) is 125 cm³/mol. The normalized spacial score (nSPS) is 13.8. The molecule has 2 heterocycles. The van der Waals surface area contributed by atoms with Crippen molar-refractivity contribution in [3.63, 3.8) is 0 Å². The van der Waals surface area contributed by atoms with Gasteiger partial charge in [0, 0.05) is 55.4 Å². The van der Waals surface area contributed by atoms with Gasteiger partial charge in [-0.15, -0.1) is 0 Å². The summed E-state index contributed by atoms with van der Waals surface area (Å²) in [5.74, 6) is -1.06. The van der Waals surface area contributed by atoms with E-state index >= 15 is 0 Å². The second kappa shape index (κ2) is 9.22. The molecule has 0 aliphatic carbocycles. The molecular weight excluding hydrogens is 402 g/mol. The van der Waals surface area contributed by atoms with Crippen molar-refractivity contribution in [2.75, 3.05) is 26.2 Å². The van der Waals surface area contributed by atoms with Crippen LogP contribution in [0.5, 0.6) is 0 Å². The average molecular weight is 430 g/mol. The van der Waals surface area contributed by atoms with Crippen molar-refractivity contribution in [2.24, 2.45) is 0 Å². The van der Waals surface area contributed by atoms with Crippen LogP contribution in [-0.2, 0) is 11.3 Å². The molecule has 2 aromatic carbocycles. The van der Waals surface area contributed by atoms with Crippen LogP contribution in [0, 0.1) is 0 Å². The fraction of sp³-hybridized carbons (Fsp3) is 0.269. The molecular formula is C26H27N3O3. The van der Waals surface area contributed by atoms with Crippen LogP contribution in [0.3, 0.4) is 0 Å². The smallest absolute Gasteiger partial charge is 0.295 e. The maximum absolute atomic E-state index is 13.1. The summed E-state index contributed by atoms with van der Waals surface area (Å²) in [6, 6.07) is 16.8. The Balaban J connectivity index is 1.48. The Kier molecular flexibility index (Phi) is 6.21. The molecule has 32 heavy (non-hydrogen) atoms. The number of nitrogens with zero attached hydrogens (tertiary/aromatic N) is 3. The minimum Gasteiger partial charge on any atom is -0.343 e. The van der Waals surface area contributed by atoms with Gasteiger partial charge in [-0.3, -0.25) is 14.4 Å². The average Bonchev–Trinajstić information content (AvgIpc) is 3.20. The lowest BCUT2D eigenvalue weighted by Crippen LogP contribution is -2.52. The van der Waals surface area contributed by atoms with Gasteiger partial charge in [-0.2, -0.15) is 0 Å². The van der Waals surface area contributed by atoms with E-state index in [0.29, 0.717) is 43.9 Å². The van der Waals surface area contributed by atoms with E-state index < -0.39 is 11.7 Å². The molecule has 0 spiro atoms. The molecule has 1 aliphatic rings. The molecule has 4 rings (SSSR count). The number of hydrogen-bond donors (Lipinski definition) is 0. The SMILES string of the molecule is CC(C)=CCn1cc(C(=O)C(=O)N2CCN(C(=O)c3ccccc3)CC2)c2ccccc21. The second-order valence-corrected chi connectivity index (χ2v) is 8.27. The van der Waals surface area contributed by atoms with E-state index in [1.807, 2.05) is 60.9 Å². The zero-order valence-corrected chi connectivity index (χ0v) is 18.5. The third kappa shape index (κ3) is 4.35. The molecule has 0 unspecified atom stereocenters. The highest BCUT2D eigenvalue weighted by molar-refractivity contribution is 6.44. The van der Waals surface area contributed by atoms with E-state index in [2.05, 4.69) is 6.08 Å². The summed E-state index contributed by atoms with van der Waals surface area (Å²) in [4.78, 5) is 42.1. The Bertz CT molecular complexity index is 1180. The molecule has 3 aromatic rings. The molecule has 6 nitrogen and oxygen atoms in total. The number of ketones is 1. The number of carbonyl (C=O) groups is 3. The van der Waals surface area contributed by atoms with Crippen molar-refractivity contribution >= 4 is 28.5 Å². The van der Waals surface area contributed by atoms with Gasteiger partial charge in [0.25, 0.3) is 17.6 Å². The number of fused-ring (bicyclic) bond motifs is 1. The maximum atomic E-state index is 13.1. The maximum Gasteiger partial charge on any atom is 0.295 e. The van der Waals surface area contributed by atoms with Crippen LogP contribution in [0.25, 0.3) is 10.9 Å². The van der Waals surface area contributed by atoms with Crippen LogP contribution < -0.4 is 0 Å². The number of piperazine rings is 1. The van der Waals surface area contributed by atoms with Crippen molar-refractivity contribution < 1.29 is 14.4 Å². The van der Waals surface area contributed by atoms with Crippen molar-refractivity contribution in [3.05, 3.63) is 83.6 Å². The highest BCUT2D eigenvalue weighted by Crippen LogP contribution is 2.23. The van der Waals surface area contributed by atoms with Crippen molar-refractivity contribution in [1.29, 1.82) is 0 Å². The van der Waals surface area contributed by atoms with Gasteiger partial charge in [-0.05, 0) is 32.0 Å². The summed E-state index contributed by atoms with van der Waals surface area (Å²) in [5, 5.41) is 0.783. The van der Waals surface area contributed by atoms with E-state index in [9.17, 15) is 14.4 Å². The molecule has 0 saturated carbocycles. The summed E-state index contributed by atoms with van der Waals surface area (Å²) in [7, 11) is 0. The first-order valence-corrected chi connectivity index (χ1v) is 10.8. The summed E-state index contributed by atoms with van der Waals surface area (Å²) >= 11 is 0. The van der Waals surface area contributed by atoms with Gasteiger partial charge >= 0.3 is 0 Å². The van der Waals surface area contributed by atoms with Crippen LogP contribution >= 0.6 is 0 Å². The molecule has 1 aromatic heterocycles. The van der Waals surface area contributed by atoms with Crippen LogP contribution in [-0.4, -0.2) is 58.1 Å². The lowest BCUT2D eigenvalue weighted by Gasteiger charge is -2.34. The van der Waals surface area contributed by atoms with Crippen LogP contribution in [0.4, 0.5) is 0 Å². The third-order valence-electron chi connectivity index (χ3n) is 5.80. The number of allylic oxidation sites excluding steroid dienone is 2. The second-order valence-electron chi connectivity index (χ2n) is 8.27. The number of aromatic nitrogens is 1. The highest BCUT2D eigenvalue weighted by atomic mass is 16.2. The van der Waals surface area contributed by atoms with E-state index in [0.717, 1.165) is 10.9 Å². The Morgan fingerprint density at radius 1 is 0.844 bits per heavy atom. The van der Waals surface area contributed by atoms with Gasteiger partial charge in [-0.25, -0.2) is 0 Å². The van der Waals surface area contributed by atoms with Crippen molar-refractivity contribution in [2.45, 2.75) is 20.4 Å². The topological polar surface area (TPSA) is 62.6 Å². The number of para-hydroxylation sites is 1. The Hall–Kier alpha value is -3.67. The Morgan fingerprint density at radius 2 is 1.47 bits per heavy atom. The van der Waals surface area contributed by atoms with Gasteiger partial charge < -0.3 is 14.4 Å². The van der Waals surface area contributed by atoms with E-state index in [1.165, 1.54) is 5.57 Å². The van der Waals surface area contributed by atoms with Gasteiger partial charge in [0.1, 0.15) is 0 Å². The lowest BCUT2D eigenvalue weighted by molar-refractivity contribution is -0.127. The quantitative estimate of drug-likeness (QED) is 0.352. The molecule has 0 radical (unpaired) electrons. The van der Waals surface area contributed by atoms with E-state index in [1.54, 1.807) is 28.1 Å². The lowest BCUT2D eigenvalue weighted by atomic mass is 10.1. The van der Waals surface area contributed by atoms with Crippen LogP contribution in [0.15, 0.2) is 72.4 Å². The molecule has 1 aliphatic heterocycles. The summed E-state index contributed by atoms with van der Waals surface area (Å²) in [5.41, 5.74) is 3.18.